The quantitative estimate of drug-likeness (QED) is 0.0306. The summed E-state index contributed by atoms with van der Waals surface area (Å²) >= 11 is 15.4. The van der Waals surface area contributed by atoms with Gasteiger partial charge in [-0.3, -0.25) is 19.3 Å². The Morgan fingerprint density at radius 3 is 1.54 bits per heavy atom. The molecule has 0 bridgehead atoms. The Kier molecular flexibility index (Phi) is 18.0. The number of aliphatic hydroxyl groups is 2. The van der Waals surface area contributed by atoms with Crippen molar-refractivity contribution in [3.05, 3.63) is 112 Å². The first-order valence-electron chi connectivity index (χ1n) is 14.8. The molecule has 52 heavy (non-hydrogen) atoms. The van der Waals surface area contributed by atoms with E-state index in [9.17, 15) is 32.3 Å². The molecule has 0 fully saturated rings. The molecule has 4 rings (SSSR count). The molecule has 0 radical (unpaired) electrons. The van der Waals surface area contributed by atoms with Crippen molar-refractivity contribution in [2.24, 2.45) is 0 Å². The van der Waals surface area contributed by atoms with Crippen molar-refractivity contribution in [2.45, 2.75) is 12.5 Å². The van der Waals surface area contributed by atoms with Crippen LogP contribution in [-0.4, -0.2) is 61.7 Å². The number of carbonyl (C=O) groups is 2. The second-order valence-corrected chi connectivity index (χ2v) is 13.6. The summed E-state index contributed by atoms with van der Waals surface area (Å²) in [7, 11) is 1.49. The number of methoxy groups -OCH3 is 1. The zero-order valence-electron chi connectivity index (χ0n) is 26.8. The van der Waals surface area contributed by atoms with Crippen LogP contribution in [0.2, 0.25) is 10.0 Å². The molecule has 0 aliphatic heterocycles. The molecule has 0 saturated heterocycles. The summed E-state index contributed by atoms with van der Waals surface area (Å²) in [6.45, 7) is -0.0769. The minimum atomic E-state index is -0.969. The van der Waals surface area contributed by atoms with Crippen LogP contribution >= 0.6 is 68.4 Å². The molecule has 0 aliphatic carbocycles. The topological polar surface area (TPSA) is 150 Å². The van der Waals surface area contributed by atoms with Gasteiger partial charge in [0.05, 0.1) is 76.5 Å². The molecule has 0 aliphatic rings. The molecule has 6 N–H and O–H groups in total. The summed E-state index contributed by atoms with van der Waals surface area (Å²) in [6.07, 6.45) is -0.872. The number of benzene rings is 4. The van der Waals surface area contributed by atoms with Gasteiger partial charge >= 0.3 is 0 Å². The highest BCUT2D eigenvalue weighted by atomic mass is 127. The number of hydrogen-bond acceptors (Lipinski definition) is 9. The maximum atomic E-state index is 14.0. The van der Waals surface area contributed by atoms with Crippen molar-refractivity contribution >= 4 is 103 Å². The largest absolute Gasteiger partial charge is 0.394 e. The van der Waals surface area contributed by atoms with Crippen LogP contribution in [0.1, 0.15) is 27.1 Å². The molecule has 4 aromatic rings. The lowest BCUT2D eigenvalue weighted by Gasteiger charge is -2.14. The predicted molar refractivity (Wildman–Crippen MR) is 204 cm³/mol. The number of halogens is 8. The van der Waals surface area contributed by atoms with E-state index in [0.29, 0.717) is 7.14 Å². The van der Waals surface area contributed by atoms with E-state index in [2.05, 4.69) is 21.6 Å². The number of aliphatic hydroxyl groups excluding tert-OH is 2. The number of hydrogen-bond donors (Lipinski definition) is 6. The van der Waals surface area contributed by atoms with Gasteiger partial charge in [-0.1, -0.05) is 23.2 Å². The summed E-state index contributed by atoms with van der Waals surface area (Å²) in [5.41, 5.74) is 4.45. The number of rotatable bonds is 15. The summed E-state index contributed by atoms with van der Waals surface area (Å²) in [5.74, 6) is -4.04. The van der Waals surface area contributed by atoms with E-state index in [1.54, 1.807) is 12.1 Å². The average Bonchev–Trinajstić information content (AvgIpc) is 3.10. The van der Waals surface area contributed by atoms with E-state index in [0.717, 1.165) is 24.3 Å². The van der Waals surface area contributed by atoms with Crippen LogP contribution in [-0.2, 0) is 14.4 Å². The molecule has 19 heteroatoms. The van der Waals surface area contributed by atoms with Gasteiger partial charge in [0.25, 0.3) is 11.8 Å². The molecule has 1 atom stereocenters. The number of carbonyl (C=O) groups excluding carboxylic acids is 2. The van der Waals surface area contributed by atoms with Gasteiger partial charge < -0.3 is 25.6 Å². The number of nitrogens with one attached hydrogen (secondary N) is 4. The van der Waals surface area contributed by atoms with Crippen molar-refractivity contribution in [1.29, 1.82) is 0 Å². The molecule has 0 aromatic heterocycles. The number of hydroxylamine groups is 2. The third-order valence-corrected chi connectivity index (χ3v) is 8.42. The van der Waals surface area contributed by atoms with Crippen molar-refractivity contribution < 1.29 is 51.8 Å². The van der Waals surface area contributed by atoms with E-state index >= 15 is 0 Å². The molecule has 280 valence electrons. The monoisotopic (exact) mass is 994 g/mol. The Labute approximate surface area is 332 Å². The van der Waals surface area contributed by atoms with Crippen LogP contribution in [0.3, 0.4) is 0 Å². The SMILES string of the molecule is COCCONC(=O)c1cc(Cl)c(F)cc1Nc1ccc(I)cc1F.O=C(NOCCC(O)CO)c1cc(Cl)c(F)cc1Nc1ccc(I)cc1F. The average molecular weight is 995 g/mol. The smallest absolute Gasteiger partial charge is 0.277 e. The van der Waals surface area contributed by atoms with Gasteiger partial charge in [-0.05, 0) is 106 Å². The molecular weight excluding hydrogens is 965 g/mol. The number of anilines is 4. The minimum Gasteiger partial charge on any atom is -0.394 e. The third kappa shape index (κ3) is 13.4. The molecule has 2 amide bonds. The summed E-state index contributed by atoms with van der Waals surface area (Å²) in [5, 5.41) is 22.8. The van der Waals surface area contributed by atoms with Crippen LogP contribution in [0.5, 0.6) is 0 Å². The Bertz CT molecular complexity index is 1870. The Balaban J connectivity index is 0.000000281. The van der Waals surface area contributed by atoms with Crippen molar-refractivity contribution in [2.75, 3.05) is 44.2 Å². The lowest BCUT2D eigenvalue weighted by molar-refractivity contribution is 0.00706. The normalized spacial score (nSPS) is 11.3. The van der Waals surface area contributed by atoms with Gasteiger partial charge in [0, 0.05) is 20.7 Å². The zero-order chi connectivity index (χ0) is 38.4. The highest BCUT2D eigenvalue weighted by Gasteiger charge is 2.19. The Hall–Kier alpha value is -3.02. The lowest BCUT2D eigenvalue weighted by atomic mass is 10.1. The fourth-order valence-corrected chi connectivity index (χ4v) is 5.14. The van der Waals surface area contributed by atoms with Crippen molar-refractivity contribution in [1.82, 2.24) is 11.0 Å². The molecule has 11 nitrogen and oxygen atoms in total. The highest BCUT2D eigenvalue weighted by molar-refractivity contribution is 14.1. The van der Waals surface area contributed by atoms with Crippen LogP contribution in [0.25, 0.3) is 0 Å². The molecule has 4 aromatic carbocycles. The maximum Gasteiger partial charge on any atom is 0.277 e. The fraction of sp³-hybridized carbons (Fsp3) is 0.212. The number of ether oxygens (including phenoxy) is 1. The second kappa shape index (κ2) is 21.6. The molecular formula is C33H30Cl2F4I2N4O7. The highest BCUT2D eigenvalue weighted by Crippen LogP contribution is 2.30. The molecule has 0 saturated carbocycles. The maximum absolute atomic E-state index is 14.0. The van der Waals surface area contributed by atoms with Gasteiger partial charge in [-0.2, -0.15) is 0 Å². The molecule has 0 heterocycles. The second-order valence-electron chi connectivity index (χ2n) is 10.3. The van der Waals surface area contributed by atoms with E-state index in [1.165, 1.54) is 31.4 Å². The van der Waals surface area contributed by atoms with E-state index < -0.39 is 47.8 Å². The van der Waals surface area contributed by atoms with E-state index in [1.807, 2.05) is 45.2 Å². The van der Waals surface area contributed by atoms with Crippen molar-refractivity contribution in [3.63, 3.8) is 0 Å². The van der Waals surface area contributed by atoms with Crippen molar-refractivity contribution in [3.8, 4) is 0 Å². The van der Waals surface area contributed by atoms with Gasteiger partial charge in [0.15, 0.2) is 0 Å². The summed E-state index contributed by atoms with van der Waals surface area (Å²) < 4.78 is 61.9. The first-order valence-corrected chi connectivity index (χ1v) is 17.7. The van der Waals surface area contributed by atoms with Gasteiger partial charge in [-0.25, -0.2) is 28.5 Å². The zero-order valence-corrected chi connectivity index (χ0v) is 32.7. The Morgan fingerprint density at radius 2 is 1.13 bits per heavy atom. The fourth-order valence-electron chi connectivity index (χ4n) is 3.90. The lowest BCUT2D eigenvalue weighted by Crippen LogP contribution is -2.27. The van der Waals surface area contributed by atoms with E-state index in [-0.39, 0.29) is 70.2 Å². The predicted octanol–water partition coefficient (Wildman–Crippen LogP) is 7.65. The summed E-state index contributed by atoms with van der Waals surface area (Å²) in [6, 6.07) is 13.1. The third-order valence-electron chi connectivity index (χ3n) is 6.49. The van der Waals surface area contributed by atoms with Crippen LogP contribution < -0.4 is 21.6 Å². The van der Waals surface area contributed by atoms with Crippen LogP contribution in [0.15, 0.2) is 60.7 Å². The van der Waals surface area contributed by atoms with E-state index in [4.69, 9.17) is 42.7 Å². The first-order chi connectivity index (χ1) is 24.7. The standard InChI is InChI=1S/C17H16ClF2IN2O4.C16H14ClF2IN2O3/c18-12-6-11(17(26)23-27-4-3-10(25)8-24)16(7-13(12)19)22-15-2-1-9(21)5-14(15)20;1-24-4-5-25-22-16(23)10-7-11(17)12(18)8-15(10)21-14-3-2-9(20)6-13(14)19/h1-2,5-7,10,22,24-25H,3-4,8H2,(H,23,26);2-3,6-8,21H,4-5H2,1H3,(H,22,23). The molecule has 0 spiro atoms. The summed E-state index contributed by atoms with van der Waals surface area (Å²) in [4.78, 5) is 34.4. The van der Waals surface area contributed by atoms with Crippen LogP contribution in [0, 0.1) is 30.4 Å². The van der Waals surface area contributed by atoms with Crippen LogP contribution in [0.4, 0.5) is 40.3 Å². The minimum absolute atomic E-state index is 0.00164. The first kappa shape index (κ1) is 43.4. The van der Waals surface area contributed by atoms with Gasteiger partial charge in [-0.15, -0.1) is 0 Å². The Morgan fingerprint density at radius 1 is 0.692 bits per heavy atom. The molecule has 1 unspecified atom stereocenters. The van der Waals surface area contributed by atoms with Gasteiger partial charge in [0.1, 0.15) is 23.3 Å². The number of amides is 2. The van der Waals surface area contributed by atoms with Gasteiger partial charge in [0.2, 0.25) is 0 Å².